The average molecular weight is 306 g/mol. The zero-order chi connectivity index (χ0) is 16.3. The lowest BCUT2D eigenvalue weighted by Crippen LogP contribution is -2.05. The van der Waals surface area contributed by atoms with Crippen LogP contribution in [0.4, 0.5) is 5.82 Å². The van der Waals surface area contributed by atoms with Gasteiger partial charge in [-0.3, -0.25) is 0 Å². The highest BCUT2D eigenvalue weighted by Gasteiger charge is 2.23. The predicted molar refractivity (Wildman–Crippen MR) is 74.7 cm³/mol. The Morgan fingerprint density at radius 2 is 2.23 bits per heavy atom. The third-order valence-electron chi connectivity index (χ3n) is 2.94. The fourth-order valence-electron chi connectivity index (χ4n) is 1.86. The molecule has 0 radical (unpaired) electrons. The van der Waals surface area contributed by atoms with Crippen molar-refractivity contribution >= 4 is 11.8 Å². The predicted octanol–water partition coefficient (Wildman–Crippen LogP) is 2.82. The minimum Gasteiger partial charge on any atom is -0.474 e. The van der Waals surface area contributed by atoms with E-state index in [1.165, 1.54) is 25.4 Å². The van der Waals surface area contributed by atoms with Crippen LogP contribution in [0.3, 0.4) is 0 Å². The number of esters is 1. The first-order chi connectivity index (χ1) is 10.4. The summed E-state index contributed by atoms with van der Waals surface area (Å²) in [4.78, 5) is 25.5. The standard InChI is InChI=1S/C14H14N2O6/c1-8-7-11(22-12(8)14(17)20-3)9(2)21-10-5-4-6-15-13(10)16(18)19/h4-7,9H,1-3H3. The number of aryl methyl sites for hydroxylation is 1. The lowest BCUT2D eigenvalue weighted by Gasteiger charge is -2.11. The summed E-state index contributed by atoms with van der Waals surface area (Å²) < 4.78 is 15.5. The van der Waals surface area contributed by atoms with Gasteiger partial charge in [0.1, 0.15) is 12.0 Å². The van der Waals surface area contributed by atoms with Crippen molar-refractivity contribution in [1.82, 2.24) is 4.98 Å². The van der Waals surface area contributed by atoms with E-state index in [1.54, 1.807) is 19.9 Å². The minimum absolute atomic E-state index is 0.0219. The largest absolute Gasteiger partial charge is 0.474 e. The van der Waals surface area contributed by atoms with Gasteiger partial charge >= 0.3 is 11.8 Å². The first-order valence-corrected chi connectivity index (χ1v) is 6.38. The van der Waals surface area contributed by atoms with Crippen LogP contribution in [0.25, 0.3) is 0 Å². The van der Waals surface area contributed by atoms with Gasteiger partial charge in [0.15, 0.2) is 6.10 Å². The van der Waals surface area contributed by atoms with Crippen molar-refractivity contribution in [2.24, 2.45) is 0 Å². The van der Waals surface area contributed by atoms with Crippen LogP contribution in [0, 0.1) is 17.0 Å². The van der Waals surface area contributed by atoms with E-state index in [1.807, 2.05) is 0 Å². The summed E-state index contributed by atoms with van der Waals surface area (Å²) in [7, 11) is 1.25. The van der Waals surface area contributed by atoms with Crippen molar-refractivity contribution in [3.8, 4) is 5.75 Å². The highest BCUT2D eigenvalue weighted by atomic mass is 16.6. The third kappa shape index (κ3) is 3.05. The number of methoxy groups -OCH3 is 1. The Labute approximate surface area is 125 Å². The molecule has 2 heterocycles. The van der Waals surface area contributed by atoms with Crippen molar-refractivity contribution in [2.75, 3.05) is 7.11 Å². The molecule has 8 nitrogen and oxygen atoms in total. The van der Waals surface area contributed by atoms with E-state index in [0.29, 0.717) is 11.3 Å². The van der Waals surface area contributed by atoms with E-state index in [2.05, 4.69) is 9.72 Å². The second-order valence-electron chi connectivity index (χ2n) is 4.49. The SMILES string of the molecule is COC(=O)c1oc(C(C)Oc2cccnc2[N+](=O)[O-])cc1C. The van der Waals surface area contributed by atoms with Crippen molar-refractivity contribution in [2.45, 2.75) is 20.0 Å². The second-order valence-corrected chi connectivity index (χ2v) is 4.49. The highest BCUT2D eigenvalue weighted by molar-refractivity contribution is 5.87. The molecule has 2 aromatic rings. The Kier molecular flexibility index (Phi) is 4.40. The van der Waals surface area contributed by atoms with Gasteiger partial charge in [0.05, 0.1) is 7.11 Å². The molecule has 2 aromatic heterocycles. The number of nitro groups is 1. The van der Waals surface area contributed by atoms with Gasteiger partial charge < -0.3 is 24.0 Å². The maximum atomic E-state index is 11.5. The Balaban J connectivity index is 2.25. The summed E-state index contributed by atoms with van der Waals surface area (Å²) in [5, 5.41) is 10.9. The van der Waals surface area contributed by atoms with Crippen LogP contribution in [-0.2, 0) is 4.74 Å². The molecule has 1 atom stereocenters. The number of hydrogen-bond acceptors (Lipinski definition) is 7. The summed E-state index contributed by atoms with van der Waals surface area (Å²) in [6.45, 7) is 3.34. The van der Waals surface area contributed by atoms with Gasteiger partial charge in [-0.25, -0.2) is 4.79 Å². The lowest BCUT2D eigenvalue weighted by molar-refractivity contribution is -0.390. The number of carbonyl (C=O) groups is 1. The van der Waals surface area contributed by atoms with Crippen LogP contribution < -0.4 is 4.74 Å². The normalized spacial score (nSPS) is 11.8. The smallest absolute Gasteiger partial charge is 0.406 e. The van der Waals surface area contributed by atoms with E-state index in [9.17, 15) is 14.9 Å². The first-order valence-electron chi connectivity index (χ1n) is 6.38. The minimum atomic E-state index is -0.639. The number of nitrogens with zero attached hydrogens (tertiary/aromatic N) is 2. The number of pyridine rings is 1. The summed E-state index contributed by atoms with van der Waals surface area (Å²) >= 11 is 0. The molecule has 0 spiro atoms. The van der Waals surface area contributed by atoms with Crippen molar-refractivity contribution in [3.63, 3.8) is 0 Å². The van der Waals surface area contributed by atoms with Crippen molar-refractivity contribution in [3.05, 3.63) is 51.6 Å². The van der Waals surface area contributed by atoms with E-state index >= 15 is 0 Å². The number of rotatable bonds is 5. The molecule has 0 saturated heterocycles. The molecule has 8 heteroatoms. The van der Waals surface area contributed by atoms with Gasteiger partial charge in [-0.1, -0.05) is 0 Å². The second kappa shape index (κ2) is 6.25. The Hall–Kier alpha value is -2.90. The Morgan fingerprint density at radius 1 is 1.50 bits per heavy atom. The van der Waals surface area contributed by atoms with Crippen LogP contribution in [0.5, 0.6) is 5.75 Å². The molecular formula is C14H14N2O6. The number of ether oxygens (including phenoxy) is 2. The summed E-state index contributed by atoms with van der Waals surface area (Å²) in [5.41, 5.74) is 0.595. The van der Waals surface area contributed by atoms with Crippen molar-refractivity contribution < 1.29 is 23.6 Å². The molecule has 116 valence electrons. The van der Waals surface area contributed by atoms with Crippen LogP contribution >= 0.6 is 0 Å². The van der Waals surface area contributed by atoms with Crippen LogP contribution in [0.1, 0.15) is 34.9 Å². The topological polar surface area (TPSA) is 105 Å². The molecule has 0 saturated carbocycles. The van der Waals surface area contributed by atoms with Gasteiger partial charge in [0.2, 0.25) is 11.5 Å². The fraction of sp³-hybridized carbons (Fsp3) is 0.286. The Bertz CT molecular complexity index is 709. The van der Waals surface area contributed by atoms with E-state index < -0.39 is 17.0 Å². The molecule has 0 aliphatic carbocycles. The number of aromatic nitrogens is 1. The van der Waals surface area contributed by atoms with Crippen LogP contribution in [-0.4, -0.2) is 23.0 Å². The molecule has 0 aliphatic heterocycles. The Morgan fingerprint density at radius 3 is 2.86 bits per heavy atom. The zero-order valence-corrected chi connectivity index (χ0v) is 12.2. The molecule has 0 fully saturated rings. The zero-order valence-electron chi connectivity index (χ0n) is 12.2. The quantitative estimate of drug-likeness (QED) is 0.475. The molecule has 2 rings (SSSR count). The molecule has 1 unspecified atom stereocenters. The molecular weight excluding hydrogens is 292 g/mol. The van der Waals surface area contributed by atoms with Gasteiger partial charge in [0.25, 0.3) is 0 Å². The number of furan rings is 1. The van der Waals surface area contributed by atoms with Crippen LogP contribution in [0.15, 0.2) is 28.8 Å². The van der Waals surface area contributed by atoms with Gasteiger partial charge in [-0.2, -0.15) is 0 Å². The van der Waals surface area contributed by atoms with Crippen molar-refractivity contribution in [1.29, 1.82) is 0 Å². The van der Waals surface area contributed by atoms with Gasteiger partial charge in [0, 0.05) is 5.56 Å². The van der Waals surface area contributed by atoms with Gasteiger partial charge in [-0.15, -0.1) is 0 Å². The molecule has 0 aromatic carbocycles. The highest BCUT2D eigenvalue weighted by Crippen LogP contribution is 2.30. The number of hydrogen-bond donors (Lipinski definition) is 0. The van der Waals surface area contributed by atoms with Gasteiger partial charge in [-0.05, 0) is 42.0 Å². The molecule has 0 N–H and O–H groups in total. The molecule has 0 aliphatic rings. The van der Waals surface area contributed by atoms with E-state index in [4.69, 9.17) is 9.15 Å². The molecule has 0 bridgehead atoms. The van der Waals surface area contributed by atoms with Crippen LogP contribution in [0.2, 0.25) is 0 Å². The third-order valence-corrected chi connectivity index (χ3v) is 2.94. The van der Waals surface area contributed by atoms with E-state index in [-0.39, 0.29) is 17.3 Å². The van der Waals surface area contributed by atoms with E-state index in [0.717, 1.165) is 0 Å². The maximum absolute atomic E-state index is 11.5. The first kappa shape index (κ1) is 15.5. The number of carbonyl (C=O) groups excluding carboxylic acids is 1. The lowest BCUT2D eigenvalue weighted by atomic mass is 10.2. The monoisotopic (exact) mass is 306 g/mol. The molecule has 22 heavy (non-hydrogen) atoms. The maximum Gasteiger partial charge on any atom is 0.406 e. The summed E-state index contributed by atoms with van der Waals surface area (Å²) in [6, 6.07) is 4.60. The fourth-order valence-corrected chi connectivity index (χ4v) is 1.86. The summed E-state index contributed by atoms with van der Waals surface area (Å²) in [5.74, 6) is -0.521. The molecule has 0 amide bonds. The summed E-state index contributed by atoms with van der Waals surface area (Å²) in [6.07, 6.45) is 0.669. The average Bonchev–Trinajstić information content (AvgIpc) is 2.89.